The van der Waals surface area contributed by atoms with Crippen LogP contribution in [-0.2, 0) is 13.1 Å². The van der Waals surface area contributed by atoms with E-state index in [1.807, 2.05) is 7.05 Å². The van der Waals surface area contributed by atoms with Crippen molar-refractivity contribution < 1.29 is 4.79 Å². The van der Waals surface area contributed by atoms with Crippen LogP contribution in [0.3, 0.4) is 0 Å². The highest BCUT2D eigenvalue weighted by Crippen LogP contribution is 2.39. The summed E-state index contributed by atoms with van der Waals surface area (Å²) >= 11 is 0. The Hall–Kier alpha value is -1.29. The molecule has 78 valence electrons. The van der Waals surface area contributed by atoms with Crippen LogP contribution in [-0.4, -0.2) is 28.2 Å². The van der Waals surface area contributed by atoms with Crippen molar-refractivity contribution in [3.63, 3.8) is 0 Å². The topological polar surface area (TPSA) is 46.1 Å². The Labute approximate surface area is 88.3 Å². The van der Waals surface area contributed by atoms with Gasteiger partial charge in [-0.05, 0) is 19.9 Å². The molecule has 0 aromatic carbocycles. The maximum atomic E-state index is 11.0. The van der Waals surface area contributed by atoms with E-state index in [0.717, 1.165) is 36.5 Å². The fraction of sp³-hybridized carbons (Fsp3) is 0.545. The molecule has 1 aliphatic heterocycles. The lowest BCUT2D eigenvalue weighted by molar-refractivity contribution is 0.111. The number of rotatable bonds is 2. The number of carbonyl (C=O) groups excluding carboxylic acids is 1. The van der Waals surface area contributed by atoms with Gasteiger partial charge in [-0.2, -0.15) is 0 Å². The van der Waals surface area contributed by atoms with E-state index in [2.05, 4.69) is 14.9 Å². The second-order valence-electron chi connectivity index (χ2n) is 4.46. The van der Waals surface area contributed by atoms with E-state index in [4.69, 9.17) is 0 Å². The lowest BCUT2D eigenvalue weighted by Gasteiger charge is -2.03. The Balaban J connectivity index is 2.09. The van der Waals surface area contributed by atoms with Crippen LogP contribution in [0, 0.1) is 0 Å². The van der Waals surface area contributed by atoms with E-state index in [1.54, 1.807) is 0 Å². The number of carbonyl (C=O) groups is 1. The van der Waals surface area contributed by atoms with Gasteiger partial charge >= 0.3 is 0 Å². The van der Waals surface area contributed by atoms with Crippen LogP contribution in [0.15, 0.2) is 0 Å². The normalized spacial score (nSPS) is 20.3. The molecule has 1 aromatic heterocycles. The lowest BCUT2D eigenvalue weighted by Crippen LogP contribution is -2.08. The van der Waals surface area contributed by atoms with Crippen LogP contribution in [0.4, 0.5) is 0 Å². The van der Waals surface area contributed by atoms with E-state index < -0.39 is 0 Å². The van der Waals surface area contributed by atoms with Gasteiger partial charge in [0.25, 0.3) is 0 Å². The van der Waals surface area contributed by atoms with Gasteiger partial charge in [-0.3, -0.25) is 9.69 Å². The average Bonchev–Trinajstić information content (AvgIpc) is 2.99. The van der Waals surface area contributed by atoms with Crippen LogP contribution < -0.4 is 0 Å². The molecule has 0 spiro atoms. The number of aromatic nitrogens is 2. The first-order valence-corrected chi connectivity index (χ1v) is 5.31. The molecular formula is C11H13N3O. The second kappa shape index (κ2) is 3.10. The Morgan fingerprint density at radius 1 is 1.33 bits per heavy atom. The Bertz CT molecular complexity index is 426. The molecule has 15 heavy (non-hydrogen) atoms. The number of hydrogen-bond acceptors (Lipinski definition) is 4. The minimum absolute atomic E-state index is 0.514. The molecule has 4 heteroatoms. The molecule has 1 fully saturated rings. The first-order valence-electron chi connectivity index (χ1n) is 5.31. The van der Waals surface area contributed by atoms with Gasteiger partial charge in [-0.15, -0.1) is 0 Å². The molecule has 2 aliphatic rings. The summed E-state index contributed by atoms with van der Waals surface area (Å²) in [7, 11) is 2.03. The van der Waals surface area contributed by atoms with Gasteiger partial charge in [0.15, 0.2) is 6.29 Å². The molecule has 0 radical (unpaired) electrons. The number of aldehydes is 1. The minimum atomic E-state index is 0.514. The minimum Gasteiger partial charge on any atom is -0.296 e. The molecule has 0 amide bonds. The summed E-state index contributed by atoms with van der Waals surface area (Å²) in [6, 6.07) is 0. The molecule has 0 N–H and O–H groups in total. The van der Waals surface area contributed by atoms with Gasteiger partial charge in [-0.25, -0.2) is 9.97 Å². The maximum absolute atomic E-state index is 11.0. The average molecular weight is 203 g/mol. The zero-order chi connectivity index (χ0) is 10.4. The molecule has 1 aromatic rings. The molecule has 4 nitrogen and oxygen atoms in total. The van der Waals surface area contributed by atoms with Crippen LogP contribution >= 0.6 is 0 Å². The fourth-order valence-electron chi connectivity index (χ4n) is 2.08. The number of nitrogens with zero attached hydrogens (tertiary/aromatic N) is 3. The summed E-state index contributed by atoms with van der Waals surface area (Å²) in [6.07, 6.45) is 3.21. The summed E-state index contributed by atoms with van der Waals surface area (Å²) < 4.78 is 0. The molecule has 1 aliphatic carbocycles. The third kappa shape index (κ3) is 1.45. The van der Waals surface area contributed by atoms with Crippen molar-refractivity contribution in [3.05, 3.63) is 22.8 Å². The zero-order valence-corrected chi connectivity index (χ0v) is 8.73. The summed E-state index contributed by atoms with van der Waals surface area (Å²) in [5.74, 6) is 1.39. The van der Waals surface area contributed by atoms with Crippen LogP contribution in [0.2, 0.25) is 0 Å². The summed E-state index contributed by atoms with van der Waals surface area (Å²) in [6.45, 7) is 1.65. The number of hydrogen-bond donors (Lipinski definition) is 0. The molecule has 0 saturated heterocycles. The quantitative estimate of drug-likeness (QED) is 0.675. The van der Waals surface area contributed by atoms with Gasteiger partial charge in [0.05, 0.1) is 5.69 Å². The lowest BCUT2D eigenvalue weighted by atomic mass is 10.2. The van der Waals surface area contributed by atoms with Crippen molar-refractivity contribution in [1.29, 1.82) is 0 Å². The van der Waals surface area contributed by atoms with Crippen LogP contribution in [0.25, 0.3) is 0 Å². The monoisotopic (exact) mass is 203 g/mol. The first-order chi connectivity index (χ1) is 7.28. The summed E-state index contributed by atoms with van der Waals surface area (Å²) in [4.78, 5) is 22.0. The molecule has 0 atom stereocenters. The van der Waals surface area contributed by atoms with Crippen molar-refractivity contribution in [2.45, 2.75) is 31.8 Å². The second-order valence-corrected chi connectivity index (χ2v) is 4.46. The van der Waals surface area contributed by atoms with E-state index in [9.17, 15) is 4.79 Å². The fourth-order valence-corrected chi connectivity index (χ4v) is 2.08. The summed E-state index contributed by atoms with van der Waals surface area (Å²) in [5.41, 5.74) is 2.68. The van der Waals surface area contributed by atoms with E-state index in [0.29, 0.717) is 11.6 Å². The first kappa shape index (κ1) is 8.97. The van der Waals surface area contributed by atoms with Crippen LogP contribution in [0.1, 0.15) is 46.3 Å². The van der Waals surface area contributed by atoms with E-state index in [1.165, 1.54) is 12.8 Å². The Morgan fingerprint density at radius 2 is 2.13 bits per heavy atom. The smallest absolute Gasteiger partial charge is 0.168 e. The molecule has 3 rings (SSSR count). The molecular weight excluding hydrogens is 190 g/mol. The van der Waals surface area contributed by atoms with Crippen molar-refractivity contribution >= 4 is 6.29 Å². The van der Waals surface area contributed by atoms with E-state index >= 15 is 0 Å². The Morgan fingerprint density at radius 3 is 2.80 bits per heavy atom. The highest BCUT2D eigenvalue weighted by atomic mass is 16.1. The highest BCUT2D eigenvalue weighted by Gasteiger charge is 2.30. The van der Waals surface area contributed by atoms with Crippen molar-refractivity contribution in [2.24, 2.45) is 0 Å². The third-order valence-electron chi connectivity index (χ3n) is 3.04. The predicted molar refractivity (Wildman–Crippen MR) is 54.6 cm³/mol. The van der Waals surface area contributed by atoms with Crippen molar-refractivity contribution in [3.8, 4) is 0 Å². The zero-order valence-electron chi connectivity index (χ0n) is 8.73. The van der Waals surface area contributed by atoms with Gasteiger partial charge in [-0.1, -0.05) is 0 Å². The van der Waals surface area contributed by atoms with Crippen molar-refractivity contribution in [2.75, 3.05) is 7.05 Å². The summed E-state index contributed by atoms with van der Waals surface area (Å²) in [5, 5.41) is 0. The molecule has 2 heterocycles. The largest absolute Gasteiger partial charge is 0.296 e. The van der Waals surface area contributed by atoms with Gasteiger partial charge in [0.1, 0.15) is 11.5 Å². The van der Waals surface area contributed by atoms with Crippen molar-refractivity contribution in [1.82, 2.24) is 14.9 Å². The van der Waals surface area contributed by atoms with Gasteiger partial charge in [0, 0.05) is 24.6 Å². The van der Waals surface area contributed by atoms with Gasteiger partial charge in [0.2, 0.25) is 0 Å². The molecule has 0 bridgehead atoms. The molecule has 0 unspecified atom stereocenters. The standard InChI is InChI=1S/C11H13N3O/c1-14-4-8-9(5-14)12-11(7-2-3-7)13-10(8)6-15/h6-7H,2-5H2,1H3. The van der Waals surface area contributed by atoms with E-state index in [-0.39, 0.29) is 0 Å². The SMILES string of the molecule is CN1Cc2nc(C3CC3)nc(C=O)c2C1. The Kier molecular flexibility index (Phi) is 1.85. The highest BCUT2D eigenvalue weighted by molar-refractivity contribution is 5.75. The molecule has 1 saturated carbocycles. The number of fused-ring (bicyclic) bond motifs is 1. The van der Waals surface area contributed by atoms with Crippen LogP contribution in [0.5, 0.6) is 0 Å². The van der Waals surface area contributed by atoms with Gasteiger partial charge < -0.3 is 0 Å². The predicted octanol–water partition coefficient (Wildman–Crippen LogP) is 1.11. The maximum Gasteiger partial charge on any atom is 0.168 e. The third-order valence-corrected chi connectivity index (χ3v) is 3.04.